The Morgan fingerprint density at radius 2 is 1.69 bits per heavy atom. The van der Waals surface area contributed by atoms with Crippen LogP contribution in [0.4, 0.5) is 8.78 Å². The van der Waals surface area contributed by atoms with Crippen molar-refractivity contribution in [3.63, 3.8) is 0 Å². The standard InChI is InChI=1S/C32H26F2N6O4S/c1-43-25-14-6-20(7-15-25)26-17-27(21-4-8-22(33)9-5-21)40(38-26)30(41)19-45-32-37-36-29(18-35-31(42)28-3-2-16-44-28)39(32)24-12-10-23(34)11-13-24/h2-16,27H,17-19H2,1H3,(H,35,42)/t27-/m0/s1. The molecule has 0 unspecified atom stereocenters. The first-order valence-corrected chi connectivity index (χ1v) is 14.8. The lowest BCUT2D eigenvalue weighted by atomic mass is 9.98. The van der Waals surface area contributed by atoms with E-state index in [1.807, 2.05) is 24.3 Å². The predicted molar refractivity (Wildman–Crippen MR) is 162 cm³/mol. The van der Waals surface area contributed by atoms with Crippen LogP contribution in [0.15, 0.2) is 106 Å². The van der Waals surface area contributed by atoms with E-state index in [1.165, 1.54) is 41.6 Å². The number of ether oxygens (including phenoxy) is 1. The fourth-order valence-corrected chi connectivity index (χ4v) is 5.67. The van der Waals surface area contributed by atoms with Gasteiger partial charge in [-0.3, -0.25) is 14.2 Å². The summed E-state index contributed by atoms with van der Waals surface area (Å²) in [6.07, 6.45) is 1.83. The Balaban J connectivity index is 1.24. The molecule has 0 saturated carbocycles. The van der Waals surface area contributed by atoms with Crippen LogP contribution in [0.1, 0.15) is 40.0 Å². The predicted octanol–water partition coefficient (Wildman–Crippen LogP) is 5.55. The van der Waals surface area contributed by atoms with Gasteiger partial charge in [0.1, 0.15) is 17.4 Å². The van der Waals surface area contributed by atoms with E-state index in [0.29, 0.717) is 34.6 Å². The molecule has 10 nitrogen and oxygen atoms in total. The molecule has 1 aliphatic rings. The lowest BCUT2D eigenvalue weighted by molar-refractivity contribution is -0.130. The average molecular weight is 629 g/mol. The molecule has 228 valence electrons. The summed E-state index contributed by atoms with van der Waals surface area (Å²) < 4.78 is 39.5. The maximum absolute atomic E-state index is 13.8. The molecule has 1 atom stereocenters. The van der Waals surface area contributed by atoms with E-state index in [4.69, 9.17) is 9.15 Å². The van der Waals surface area contributed by atoms with E-state index in [0.717, 1.165) is 22.9 Å². The third-order valence-electron chi connectivity index (χ3n) is 7.11. The molecule has 0 saturated heterocycles. The second kappa shape index (κ2) is 13.1. The normalized spacial score (nSPS) is 14.3. The van der Waals surface area contributed by atoms with Crippen molar-refractivity contribution in [1.82, 2.24) is 25.1 Å². The molecule has 13 heteroatoms. The summed E-state index contributed by atoms with van der Waals surface area (Å²) in [4.78, 5) is 26.2. The number of nitrogens with one attached hydrogen (secondary N) is 1. The number of carbonyl (C=O) groups is 2. The Kier molecular flexibility index (Phi) is 8.69. The van der Waals surface area contributed by atoms with Crippen LogP contribution in [0, 0.1) is 11.6 Å². The van der Waals surface area contributed by atoms with Crippen LogP contribution in [0.25, 0.3) is 5.69 Å². The molecule has 0 bridgehead atoms. The summed E-state index contributed by atoms with van der Waals surface area (Å²) in [5.74, 6) is -0.408. The van der Waals surface area contributed by atoms with Gasteiger partial charge in [0.2, 0.25) is 0 Å². The number of halogens is 2. The highest BCUT2D eigenvalue weighted by Gasteiger charge is 2.33. The lowest BCUT2D eigenvalue weighted by Crippen LogP contribution is -2.28. The molecule has 2 amide bonds. The summed E-state index contributed by atoms with van der Waals surface area (Å²) in [6, 6.07) is 21.8. The van der Waals surface area contributed by atoms with Gasteiger partial charge < -0.3 is 14.5 Å². The Morgan fingerprint density at radius 3 is 2.36 bits per heavy atom. The smallest absolute Gasteiger partial charge is 0.287 e. The molecule has 0 aliphatic carbocycles. The first-order chi connectivity index (χ1) is 21.9. The van der Waals surface area contributed by atoms with E-state index >= 15 is 0 Å². The molecule has 6 rings (SSSR count). The Labute approximate surface area is 260 Å². The van der Waals surface area contributed by atoms with Crippen LogP contribution >= 0.6 is 11.8 Å². The van der Waals surface area contributed by atoms with Crippen LogP contribution in [-0.4, -0.2) is 50.2 Å². The Hall–Kier alpha value is -5.30. The van der Waals surface area contributed by atoms with Crippen molar-refractivity contribution >= 4 is 29.3 Å². The molecular weight excluding hydrogens is 602 g/mol. The molecule has 2 aromatic heterocycles. The monoisotopic (exact) mass is 628 g/mol. The summed E-state index contributed by atoms with van der Waals surface area (Å²) >= 11 is 1.12. The number of aromatic nitrogens is 3. The minimum Gasteiger partial charge on any atom is -0.497 e. The van der Waals surface area contributed by atoms with Gasteiger partial charge in [-0.05, 0) is 83.9 Å². The molecule has 1 aliphatic heterocycles. The number of hydrazone groups is 1. The van der Waals surface area contributed by atoms with Gasteiger partial charge in [0.05, 0.1) is 37.4 Å². The number of amides is 2. The molecule has 5 aromatic rings. The van der Waals surface area contributed by atoms with Gasteiger partial charge in [-0.25, -0.2) is 13.8 Å². The highest BCUT2D eigenvalue weighted by molar-refractivity contribution is 7.99. The van der Waals surface area contributed by atoms with Crippen molar-refractivity contribution in [3.8, 4) is 11.4 Å². The average Bonchev–Trinajstić information content (AvgIpc) is 3.84. The Bertz CT molecular complexity index is 1830. The number of nitrogens with zero attached hydrogens (tertiary/aromatic N) is 5. The number of benzene rings is 3. The molecular formula is C32H26F2N6O4S. The van der Waals surface area contributed by atoms with Crippen molar-refractivity contribution < 1.29 is 27.5 Å². The maximum atomic E-state index is 13.8. The maximum Gasteiger partial charge on any atom is 0.287 e. The van der Waals surface area contributed by atoms with E-state index in [2.05, 4.69) is 20.6 Å². The zero-order valence-electron chi connectivity index (χ0n) is 23.9. The fraction of sp³-hybridized carbons (Fsp3) is 0.156. The molecule has 1 N–H and O–H groups in total. The second-order valence-electron chi connectivity index (χ2n) is 9.94. The zero-order chi connectivity index (χ0) is 31.3. The van der Waals surface area contributed by atoms with Crippen LogP contribution in [0.2, 0.25) is 0 Å². The topological polar surface area (TPSA) is 115 Å². The van der Waals surface area contributed by atoms with Crippen molar-refractivity contribution in [1.29, 1.82) is 0 Å². The van der Waals surface area contributed by atoms with Crippen LogP contribution < -0.4 is 10.1 Å². The molecule has 0 fully saturated rings. The van der Waals surface area contributed by atoms with Gasteiger partial charge in [-0.1, -0.05) is 23.9 Å². The SMILES string of the molecule is COc1ccc(C2=NN(C(=O)CSc3nnc(CNC(=O)c4ccco4)n3-c3ccc(F)cc3)[C@H](c3ccc(F)cc3)C2)cc1. The third-order valence-corrected chi connectivity index (χ3v) is 8.02. The van der Waals surface area contributed by atoms with Gasteiger partial charge in [0.15, 0.2) is 16.7 Å². The van der Waals surface area contributed by atoms with Crippen LogP contribution in [-0.2, 0) is 11.3 Å². The summed E-state index contributed by atoms with van der Waals surface area (Å²) in [5, 5.41) is 17.7. The van der Waals surface area contributed by atoms with E-state index in [-0.39, 0.29) is 29.8 Å². The first kappa shape index (κ1) is 29.8. The number of furan rings is 1. The highest BCUT2D eigenvalue weighted by atomic mass is 32.2. The van der Waals surface area contributed by atoms with E-state index in [1.54, 1.807) is 42.0 Å². The number of carbonyl (C=O) groups excluding carboxylic acids is 2. The van der Waals surface area contributed by atoms with Gasteiger partial charge in [-0.2, -0.15) is 5.10 Å². The van der Waals surface area contributed by atoms with Gasteiger partial charge in [0, 0.05) is 12.1 Å². The van der Waals surface area contributed by atoms with Crippen molar-refractivity contribution in [2.45, 2.75) is 24.2 Å². The summed E-state index contributed by atoms with van der Waals surface area (Å²) in [7, 11) is 1.58. The first-order valence-electron chi connectivity index (χ1n) is 13.8. The lowest BCUT2D eigenvalue weighted by Gasteiger charge is -2.22. The number of rotatable bonds is 10. The van der Waals surface area contributed by atoms with E-state index < -0.39 is 17.8 Å². The van der Waals surface area contributed by atoms with Gasteiger partial charge in [0.25, 0.3) is 11.8 Å². The van der Waals surface area contributed by atoms with Crippen molar-refractivity contribution in [3.05, 3.63) is 126 Å². The quantitative estimate of drug-likeness (QED) is 0.202. The summed E-state index contributed by atoms with van der Waals surface area (Å²) in [6.45, 7) is -0.00725. The van der Waals surface area contributed by atoms with E-state index in [9.17, 15) is 18.4 Å². The molecule has 0 radical (unpaired) electrons. The van der Waals surface area contributed by atoms with Crippen LogP contribution in [0.3, 0.4) is 0 Å². The van der Waals surface area contributed by atoms with Gasteiger partial charge in [-0.15, -0.1) is 10.2 Å². The number of hydrogen-bond acceptors (Lipinski definition) is 8. The number of hydrogen-bond donors (Lipinski definition) is 1. The minimum atomic E-state index is -0.446. The molecule has 3 heterocycles. The summed E-state index contributed by atoms with van der Waals surface area (Å²) in [5.41, 5.74) is 2.83. The molecule has 0 spiro atoms. The molecule has 45 heavy (non-hydrogen) atoms. The molecule has 3 aromatic carbocycles. The second-order valence-corrected chi connectivity index (χ2v) is 10.9. The fourth-order valence-electron chi connectivity index (χ4n) is 4.85. The Morgan fingerprint density at radius 1 is 0.978 bits per heavy atom. The van der Waals surface area contributed by atoms with Crippen molar-refractivity contribution in [2.75, 3.05) is 12.9 Å². The largest absolute Gasteiger partial charge is 0.497 e. The number of methoxy groups -OCH3 is 1. The number of thioether (sulfide) groups is 1. The minimum absolute atomic E-state index is 0.00725. The van der Waals surface area contributed by atoms with Crippen LogP contribution in [0.5, 0.6) is 5.75 Å². The third kappa shape index (κ3) is 6.63. The highest BCUT2D eigenvalue weighted by Crippen LogP contribution is 2.34. The van der Waals surface area contributed by atoms with Crippen molar-refractivity contribution in [2.24, 2.45) is 5.10 Å². The van der Waals surface area contributed by atoms with Gasteiger partial charge >= 0.3 is 0 Å². The zero-order valence-corrected chi connectivity index (χ0v) is 24.7.